The summed E-state index contributed by atoms with van der Waals surface area (Å²) in [7, 11) is 1.63. The summed E-state index contributed by atoms with van der Waals surface area (Å²) < 4.78 is 7.04. The molecule has 0 amide bonds. The van der Waals surface area contributed by atoms with E-state index in [0.717, 1.165) is 40.0 Å². The van der Waals surface area contributed by atoms with E-state index in [1.807, 2.05) is 11.6 Å². The van der Waals surface area contributed by atoms with Gasteiger partial charge in [-0.1, -0.05) is 0 Å². The Bertz CT molecular complexity index is 1150. The number of hydrogen-bond acceptors (Lipinski definition) is 10. The quantitative estimate of drug-likeness (QED) is 0.408. The van der Waals surface area contributed by atoms with Gasteiger partial charge in [-0.2, -0.15) is 11.3 Å². The highest BCUT2D eigenvalue weighted by atomic mass is 32.1. The number of ether oxygens (including phenoxy) is 1. The maximum absolute atomic E-state index is 5.15. The van der Waals surface area contributed by atoms with Crippen molar-refractivity contribution in [3.63, 3.8) is 0 Å². The van der Waals surface area contributed by atoms with Crippen LogP contribution in [-0.2, 0) is 17.9 Å². The monoisotopic (exact) mass is 454 g/mol. The van der Waals surface area contributed by atoms with Crippen molar-refractivity contribution in [2.45, 2.75) is 39.0 Å². The third-order valence-corrected chi connectivity index (χ3v) is 6.73. The maximum Gasteiger partial charge on any atom is 0.179 e. The second-order valence-corrected chi connectivity index (χ2v) is 9.19. The van der Waals surface area contributed by atoms with Crippen LogP contribution >= 0.6 is 22.7 Å². The second kappa shape index (κ2) is 8.77. The molecule has 0 saturated heterocycles. The molecule has 31 heavy (non-hydrogen) atoms. The zero-order chi connectivity index (χ0) is 21.2. The maximum atomic E-state index is 5.15. The van der Waals surface area contributed by atoms with Gasteiger partial charge in [0.2, 0.25) is 0 Å². The average molecular weight is 455 g/mol. The van der Waals surface area contributed by atoms with Gasteiger partial charge in [0, 0.05) is 30.0 Å². The molecule has 1 unspecified atom stereocenters. The first-order valence-corrected chi connectivity index (χ1v) is 11.9. The molecule has 1 aliphatic rings. The van der Waals surface area contributed by atoms with Crippen LogP contribution in [0.4, 0.5) is 5.69 Å². The van der Waals surface area contributed by atoms with Gasteiger partial charge in [-0.05, 0) is 47.6 Å². The third-order valence-electron chi connectivity index (χ3n) is 5.13. The van der Waals surface area contributed by atoms with E-state index in [1.54, 1.807) is 36.0 Å². The van der Waals surface area contributed by atoms with Gasteiger partial charge < -0.3 is 10.1 Å². The van der Waals surface area contributed by atoms with Crippen molar-refractivity contribution in [2.24, 2.45) is 5.92 Å². The van der Waals surface area contributed by atoms with E-state index >= 15 is 0 Å². The smallest absolute Gasteiger partial charge is 0.179 e. The van der Waals surface area contributed by atoms with Crippen LogP contribution in [-0.4, -0.2) is 42.3 Å². The molecule has 1 saturated carbocycles. The Hall–Kier alpha value is -2.76. The number of thiophene rings is 1. The van der Waals surface area contributed by atoms with Crippen molar-refractivity contribution in [2.75, 3.05) is 12.4 Å². The SMILES string of the molecule is COCc1ncc(NC(c2csc(-c3ccsc3)n2)c2nnnn2CC2CC2)c(C)n1. The molecule has 1 atom stereocenters. The molecule has 0 spiro atoms. The summed E-state index contributed by atoms with van der Waals surface area (Å²) in [6, 6.07) is 1.77. The summed E-state index contributed by atoms with van der Waals surface area (Å²) in [4.78, 5) is 13.9. The van der Waals surface area contributed by atoms with E-state index < -0.39 is 0 Å². The Morgan fingerprint density at radius 3 is 2.94 bits per heavy atom. The van der Waals surface area contributed by atoms with Crippen LogP contribution in [0.2, 0.25) is 0 Å². The zero-order valence-electron chi connectivity index (χ0n) is 17.2. The molecule has 4 aromatic heterocycles. The number of aryl methyl sites for hydroxylation is 1. The number of rotatable bonds is 9. The number of aromatic nitrogens is 7. The Balaban J connectivity index is 1.50. The highest BCUT2D eigenvalue weighted by Gasteiger charge is 2.29. The summed E-state index contributed by atoms with van der Waals surface area (Å²) in [5.41, 5.74) is 3.65. The number of anilines is 1. The number of nitrogens with one attached hydrogen (secondary N) is 1. The third kappa shape index (κ3) is 4.48. The lowest BCUT2D eigenvalue weighted by molar-refractivity contribution is 0.177. The largest absolute Gasteiger partial charge is 0.377 e. The fraction of sp³-hybridized carbons (Fsp3) is 0.400. The molecule has 0 radical (unpaired) electrons. The number of hydrogen-bond donors (Lipinski definition) is 1. The van der Waals surface area contributed by atoms with Crippen molar-refractivity contribution in [1.82, 2.24) is 35.2 Å². The predicted octanol–water partition coefficient (Wildman–Crippen LogP) is 3.71. The van der Waals surface area contributed by atoms with Crippen molar-refractivity contribution < 1.29 is 4.74 Å². The summed E-state index contributed by atoms with van der Waals surface area (Å²) in [6.07, 6.45) is 4.24. The Morgan fingerprint density at radius 2 is 2.19 bits per heavy atom. The number of nitrogens with zero attached hydrogens (tertiary/aromatic N) is 7. The van der Waals surface area contributed by atoms with Crippen LogP contribution in [0.25, 0.3) is 10.6 Å². The van der Waals surface area contributed by atoms with E-state index in [-0.39, 0.29) is 6.04 Å². The minimum absolute atomic E-state index is 0.312. The molecule has 11 heteroatoms. The van der Waals surface area contributed by atoms with Crippen LogP contribution < -0.4 is 5.32 Å². The second-order valence-electron chi connectivity index (χ2n) is 7.55. The number of thiazole rings is 1. The van der Waals surface area contributed by atoms with Gasteiger partial charge in [-0.25, -0.2) is 19.6 Å². The molecule has 5 rings (SSSR count). The first kappa shape index (κ1) is 20.2. The molecule has 1 aliphatic carbocycles. The van der Waals surface area contributed by atoms with Crippen LogP contribution in [0.1, 0.15) is 41.9 Å². The predicted molar refractivity (Wildman–Crippen MR) is 119 cm³/mol. The molecule has 4 heterocycles. The topological polar surface area (TPSA) is 104 Å². The van der Waals surface area contributed by atoms with Crippen LogP contribution in [0.3, 0.4) is 0 Å². The van der Waals surface area contributed by atoms with Crippen LogP contribution in [0.5, 0.6) is 0 Å². The lowest BCUT2D eigenvalue weighted by atomic mass is 10.2. The zero-order valence-corrected chi connectivity index (χ0v) is 18.9. The molecule has 4 aromatic rings. The van der Waals surface area contributed by atoms with Crippen molar-refractivity contribution >= 4 is 28.4 Å². The fourth-order valence-electron chi connectivity index (χ4n) is 3.31. The molecule has 9 nitrogen and oxygen atoms in total. The van der Waals surface area contributed by atoms with Gasteiger partial charge in [0.1, 0.15) is 17.7 Å². The van der Waals surface area contributed by atoms with Gasteiger partial charge in [0.25, 0.3) is 0 Å². The fourth-order valence-corrected chi connectivity index (χ4v) is 4.87. The molecular weight excluding hydrogens is 432 g/mol. The van der Waals surface area contributed by atoms with E-state index in [9.17, 15) is 0 Å². The highest BCUT2D eigenvalue weighted by Crippen LogP contribution is 2.34. The van der Waals surface area contributed by atoms with E-state index in [0.29, 0.717) is 18.3 Å². The van der Waals surface area contributed by atoms with Crippen LogP contribution in [0.15, 0.2) is 28.4 Å². The molecule has 0 bridgehead atoms. The molecule has 160 valence electrons. The van der Waals surface area contributed by atoms with Crippen molar-refractivity contribution in [3.8, 4) is 10.6 Å². The molecular formula is C20H22N8OS2. The van der Waals surface area contributed by atoms with E-state index in [1.165, 1.54) is 12.8 Å². The Morgan fingerprint density at radius 1 is 1.29 bits per heavy atom. The first-order valence-electron chi connectivity index (χ1n) is 10.0. The van der Waals surface area contributed by atoms with Gasteiger partial charge in [-0.3, -0.25) is 0 Å². The average Bonchev–Trinajstić information content (AvgIpc) is 3.19. The van der Waals surface area contributed by atoms with Crippen molar-refractivity contribution in [1.29, 1.82) is 0 Å². The summed E-state index contributed by atoms with van der Waals surface area (Å²) in [5, 5.41) is 23.3. The summed E-state index contributed by atoms with van der Waals surface area (Å²) in [5.74, 6) is 2.04. The van der Waals surface area contributed by atoms with Gasteiger partial charge in [0.05, 0.1) is 23.3 Å². The number of methoxy groups -OCH3 is 1. The lowest BCUT2D eigenvalue weighted by Gasteiger charge is -2.19. The molecule has 0 aliphatic heterocycles. The van der Waals surface area contributed by atoms with Gasteiger partial charge >= 0.3 is 0 Å². The Labute approximate surface area is 187 Å². The molecule has 0 aromatic carbocycles. The molecule has 1 fully saturated rings. The van der Waals surface area contributed by atoms with E-state index in [4.69, 9.17) is 9.72 Å². The van der Waals surface area contributed by atoms with E-state index in [2.05, 4.69) is 53.0 Å². The normalized spacial score (nSPS) is 14.6. The van der Waals surface area contributed by atoms with Gasteiger partial charge in [0.15, 0.2) is 11.6 Å². The number of tetrazole rings is 1. The first-order chi connectivity index (χ1) is 15.2. The van der Waals surface area contributed by atoms with Crippen LogP contribution in [0, 0.1) is 12.8 Å². The minimum Gasteiger partial charge on any atom is -0.377 e. The Kier molecular flexibility index (Phi) is 5.70. The summed E-state index contributed by atoms with van der Waals surface area (Å²) >= 11 is 3.28. The standard InChI is InChI=1S/C20H22N8OS2/c1-12-15(7-21-17(22-12)9-29-2)23-18(19-25-26-27-28(19)8-13-3-4-13)16-11-31-20(24-16)14-5-6-30-10-14/h5-7,10-11,13,18,23H,3-4,8-9H2,1-2H3. The van der Waals surface area contributed by atoms with Gasteiger partial charge in [-0.15, -0.1) is 16.4 Å². The highest BCUT2D eigenvalue weighted by molar-refractivity contribution is 7.14. The van der Waals surface area contributed by atoms with Crippen molar-refractivity contribution in [3.05, 3.63) is 51.4 Å². The minimum atomic E-state index is -0.312. The molecule has 1 N–H and O–H groups in total. The lowest BCUT2D eigenvalue weighted by Crippen LogP contribution is -2.20. The summed E-state index contributed by atoms with van der Waals surface area (Å²) in [6.45, 7) is 3.15.